The number of hydrogen-bond donors (Lipinski definition) is 4. The molecule has 2 amide bonds. The van der Waals surface area contributed by atoms with Crippen LogP contribution in [-0.4, -0.2) is 60.5 Å². The van der Waals surface area contributed by atoms with E-state index in [0.29, 0.717) is 36.8 Å². The van der Waals surface area contributed by atoms with Crippen molar-refractivity contribution < 1.29 is 14.6 Å². The number of pyridine rings is 1. The van der Waals surface area contributed by atoms with Crippen molar-refractivity contribution in [2.24, 2.45) is 16.1 Å². The van der Waals surface area contributed by atoms with Crippen LogP contribution >= 0.6 is 0 Å². The van der Waals surface area contributed by atoms with Crippen molar-refractivity contribution in [2.75, 3.05) is 18.1 Å². The van der Waals surface area contributed by atoms with E-state index in [0.717, 1.165) is 47.9 Å². The van der Waals surface area contributed by atoms with E-state index in [1.807, 2.05) is 61.7 Å². The van der Waals surface area contributed by atoms with Crippen molar-refractivity contribution in [1.29, 1.82) is 0 Å². The van der Waals surface area contributed by atoms with Crippen molar-refractivity contribution in [2.45, 2.75) is 84.5 Å². The number of ether oxygens (including phenoxy) is 1. The molecule has 13 heteroatoms. The lowest BCUT2D eigenvalue weighted by molar-refractivity contribution is 0.171. The molecule has 1 aliphatic heterocycles. The van der Waals surface area contributed by atoms with Crippen molar-refractivity contribution in [3.8, 4) is 5.75 Å². The zero-order valence-corrected chi connectivity index (χ0v) is 28.1. The highest BCUT2D eigenvalue weighted by molar-refractivity contribution is 6.05. The summed E-state index contributed by atoms with van der Waals surface area (Å²) in [5.74, 6) is 1.88. The molecule has 0 unspecified atom stereocenters. The van der Waals surface area contributed by atoms with Crippen LogP contribution in [0.5, 0.6) is 5.75 Å². The van der Waals surface area contributed by atoms with Crippen molar-refractivity contribution in [3.63, 3.8) is 0 Å². The molecule has 2 aliphatic rings. The predicted molar refractivity (Wildman–Crippen MR) is 185 cm³/mol. The average Bonchev–Trinajstić information content (AvgIpc) is 3.68. The largest absolute Gasteiger partial charge is 0.484 e. The van der Waals surface area contributed by atoms with Gasteiger partial charge in [0.2, 0.25) is 5.95 Å². The van der Waals surface area contributed by atoms with Crippen LogP contribution in [0.4, 0.5) is 16.4 Å². The average molecular weight is 655 g/mol. The van der Waals surface area contributed by atoms with E-state index < -0.39 is 6.03 Å². The maximum atomic E-state index is 13.4. The summed E-state index contributed by atoms with van der Waals surface area (Å²) in [6.45, 7) is 9.49. The van der Waals surface area contributed by atoms with Crippen LogP contribution in [0.1, 0.15) is 83.1 Å². The fourth-order valence-corrected chi connectivity index (χ4v) is 6.25. The lowest BCUT2D eigenvalue weighted by Crippen LogP contribution is -2.42. The zero-order chi connectivity index (χ0) is 33.8. The van der Waals surface area contributed by atoms with Crippen molar-refractivity contribution in [3.05, 3.63) is 77.9 Å². The van der Waals surface area contributed by atoms with Gasteiger partial charge in [-0.15, -0.1) is 10.2 Å². The van der Waals surface area contributed by atoms with Gasteiger partial charge in [-0.05, 0) is 62.3 Å². The van der Waals surface area contributed by atoms with Gasteiger partial charge in [-0.25, -0.2) is 9.79 Å². The van der Waals surface area contributed by atoms with Crippen LogP contribution in [0.15, 0.2) is 71.8 Å². The van der Waals surface area contributed by atoms with E-state index >= 15 is 0 Å². The smallest absolute Gasteiger partial charge is 0.320 e. The molecule has 3 aromatic heterocycles. The van der Waals surface area contributed by atoms with Gasteiger partial charge in [0.15, 0.2) is 5.65 Å². The summed E-state index contributed by atoms with van der Waals surface area (Å²) in [7, 11) is 0. The summed E-state index contributed by atoms with van der Waals surface area (Å²) in [5, 5.41) is 28.4. The topological polar surface area (TPSA) is 160 Å². The van der Waals surface area contributed by atoms with Gasteiger partial charge in [0.1, 0.15) is 23.4 Å². The number of benzene rings is 1. The van der Waals surface area contributed by atoms with Crippen LogP contribution in [0, 0.1) is 5.41 Å². The molecule has 0 radical (unpaired) electrons. The summed E-state index contributed by atoms with van der Waals surface area (Å²) in [4.78, 5) is 20.4. The number of amidine groups is 1. The quantitative estimate of drug-likeness (QED) is 0.150. The minimum atomic E-state index is -0.397. The number of nitrogens with two attached hydrogens (primary N) is 1. The van der Waals surface area contributed by atoms with Gasteiger partial charge >= 0.3 is 6.03 Å². The van der Waals surface area contributed by atoms with Crippen LogP contribution in [-0.2, 0) is 6.54 Å². The third kappa shape index (κ3) is 7.46. The Bertz CT molecular complexity index is 1800. The summed E-state index contributed by atoms with van der Waals surface area (Å²) in [6.07, 6.45) is 11.7. The summed E-state index contributed by atoms with van der Waals surface area (Å²) < 4.78 is 10.2. The molecular formula is C35H46N10O3. The van der Waals surface area contributed by atoms with Crippen LogP contribution in [0.2, 0.25) is 0 Å². The van der Waals surface area contributed by atoms with Gasteiger partial charge in [-0.3, -0.25) is 14.4 Å². The highest BCUT2D eigenvalue weighted by Crippen LogP contribution is 2.39. The normalized spacial score (nSPS) is 20.4. The number of aromatic nitrogens is 5. The SMILES string of the molecule is C[C@H]1CCCCN1c1nnc2ccc(O[C@@H]3CC[C@H](NC(=O)NC(C=C(N)C(C)(C)C)=Nc4cnn(CCO)c4)c4ccccc43)cn12. The van der Waals surface area contributed by atoms with E-state index in [4.69, 9.17) is 10.5 Å². The molecule has 4 aromatic rings. The van der Waals surface area contributed by atoms with Gasteiger partial charge < -0.3 is 25.8 Å². The number of nitrogens with zero attached hydrogens (tertiary/aromatic N) is 7. The first-order chi connectivity index (χ1) is 23.1. The number of amides is 2. The van der Waals surface area contributed by atoms with E-state index in [-0.39, 0.29) is 30.0 Å². The number of carbonyl (C=O) groups excluding carboxylic acids is 1. The number of allylic oxidation sites excluding steroid dienone is 1. The molecule has 1 fully saturated rings. The standard InChI is InChI=1S/C35H46N10O3/c1-23-9-7-8-16-44(23)34-42-41-32-15-12-25(22-45(32)34)48-29-14-13-28(26-10-5-6-11-27(26)29)39-33(47)40-31(19-30(36)35(2,3)4)38-24-20-37-43(21-24)17-18-46/h5-6,10-12,15,19-23,28-29,46H,7-9,13-14,16-18,36H2,1-4H3,(H2,38,39,40,47)/t23-,28-,29+/m0/s1. The van der Waals surface area contributed by atoms with Gasteiger partial charge in [0.05, 0.1) is 37.8 Å². The highest BCUT2D eigenvalue weighted by Gasteiger charge is 2.30. The van der Waals surface area contributed by atoms with Gasteiger partial charge in [-0.1, -0.05) is 45.0 Å². The molecule has 48 heavy (non-hydrogen) atoms. The number of nitrogens with one attached hydrogen (secondary N) is 2. The summed E-state index contributed by atoms with van der Waals surface area (Å²) in [5.41, 5.74) is 9.96. The number of aliphatic hydroxyl groups excluding tert-OH is 1. The Balaban J connectivity index is 1.18. The van der Waals surface area contributed by atoms with Crippen molar-refractivity contribution >= 4 is 29.1 Å². The van der Waals surface area contributed by atoms with E-state index in [9.17, 15) is 9.90 Å². The van der Waals surface area contributed by atoms with E-state index in [1.165, 1.54) is 6.42 Å². The van der Waals surface area contributed by atoms with Gasteiger partial charge in [-0.2, -0.15) is 5.10 Å². The molecular weight excluding hydrogens is 608 g/mol. The monoisotopic (exact) mass is 654 g/mol. The predicted octanol–water partition coefficient (Wildman–Crippen LogP) is 5.17. The van der Waals surface area contributed by atoms with E-state index in [2.05, 4.69) is 48.8 Å². The third-order valence-corrected chi connectivity index (χ3v) is 9.03. The highest BCUT2D eigenvalue weighted by atomic mass is 16.5. The molecule has 1 aromatic carbocycles. The Kier molecular flexibility index (Phi) is 9.67. The number of aliphatic hydroxyl groups is 1. The van der Waals surface area contributed by atoms with Gasteiger partial charge in [0.25, 0.3) is 0 Å². The number of hydrogen-bond acceptors (Lipinski definition) is 9. The number of anilines is 1. The Labute approximate surface area is 280 Å². The molecule has 13 nitrogen and oxygen atoms in total. The number of carbonyl (C=O) groups is 1. The van der Waals surface area contributed by atoms with Crippen LogP contribution in [0.25, 0.3) is 5.65 Å². The molecule has 0 bridgehead atoms. The molecule has 1 aliphatic carbocycles. The zero-order valence-electron chi connectivity index (χ0n) is 28.1. The number of urea groups is 1. The molecule has 5 N–H and O–H groups in total. The van der Waals surface area contributed by atoms with Gasteiger partial charge in [0, 0.05) is 29.8 Å². The molecule has 4 heterocycles. The number of aliphatic imine (C=N–C) groups is 1. The fourth-order valence-electron chi connectivity index (χ4n) is 6.25. The lowest BCUT2D eigenvalue weighted by atomic mass is 9.85. The molecule has 1 saturated heterocycles. The second kappa shape index (κ2) is 14.1. The Morgan fingerprint density at radius 3 is 2.69 bits per heavy atom. The second-order valence-corrected chi connectivity index (χ2v) is 13.6. The summed E-state index contributed by atoms with van der Waals surface area (Å²) in [6, 6.07) is 11.8. The third-order valence-electron chi connectivity index (χ3n) is 9.03. The first kappa shape index (κ1) is 33.0. The second-order valence-electron chi connectivity index (χ2n) is 13.6. The fraction of sp³-hybridized carbons (Fsp3) is 0.457. The molecule has 254 valence electrons. The lowest BCUT2D eigenvalue weighted by Gasteiger charge is -2.33. The molecule has 0 saturated carbocycles. The Morgan fingerprint density at radius 1 is 1.10 bits per heavy atom. The Hall–Kier alpha value is -4.91. The molecule has 3 atom stereocenters. The maximum Gasteiger partial charge on any atom is 0.320 e. The summed E-state index contributed by atoms with van der Waals surface area (Å²) >= 11 is 0. The first-order valence-electron chi connectivity index (χ1n) is 16.7. The Morgan fingerprint density at radius 2 is 1.92 bits per heavy atom. The van der Waals surface area contributed by atoms with E-state index in [1.54, 1.807) is 23.2 Å². The van der Waals surface area contributed by atoms with Crippen LogP contribution < -0.4 is 26.0 Å². The number of piperidine rings is 1. The minimum absolute atomic E-state index is 0.0414. The number of rotatable bonds is 8. The van der Waals surface area contributed by atoms with Crippen LogP contribution in [0.3, 0.4) is 0 Å². The molecule has 0 spiro atoms. The first-order valence-corrected chi connectivity index (χ1v) is 16.7. The number of fused-ring (bicyclic) bond motifs is 2. The molecule has 6 rings (SSSR count). The maximum absolute atomic E-state index is 13.4. The minimum Gasteiger partial charge on any atom is -0.484 e. The van der Waals surface area contributed by atoms with Crippen molar-refractivity contribution in [1.82, 2.24) is 35.0 Å².